The number of hydrogen-bond acceptors (Lipinski definition) is 12. The van der Waals surface area contributed by atoms with Crippen LogP contribution in [0.15, 0.2) is 36.7 Å². The standard InChI is InChI=1S/C23H30ClFN7O6PS/c1-4-35-20(33)14(2)31-39(40,38-15-8-6-5-7-9-15)36-12-22(11-24)23(25,34)10-16(37-22)32-13-28-17-18(27-3)29-21(26)30-19(17)32/h5-9,13-14,16,34H,4,10-12H2,1-3H3,(H,31,40)(H3,26,27,29,30)/t14-,16-,22-,23+,39+/m1/s1. The minimum Gasteiger partial charge on any atom is -0.465 e. The number of hydrogen-bond donors (Lipinski definition) is 4. The van der Waals surface area contributed by atoms with Crippen LogP contribution in [0.1, 0.15) is 26.5 Å². The Labute approximate surface area is 239 Å². The summed E-state index contributed by atoms with van der Waals surface area (Å²) in [5.41, 5.74) is 4.37. The molecule has 1 aliphatic rings. The Hall–Kier alpha value is -2.65. The Morgan fingerprint density at radius 2 is 2.15 bits per heavy atom. The summed E-state index contributed by atoms with van der Waals surface area (Å²) in [5, 5.41) is 16.6. The van der Waals surface area contributed by atoms with Crippen LogP contribution >= 0.6 is 18.2 Å². The van der Waals surface area contributed by atoms with Crippen LogP contribution in [0.25, 0.3) is 11.2 Å². The van der Waals surface area contributed by atoms with Gasteiger partial charge in [0.25, 0.3) is 0 Å². The molecule has 3 aromatic rings. The fraction of sp³-hybridized carbons (Fsp3) is 0.478. The lowest BCUT2D eigenvalue weighted by Crippen LogP contribution is -2.53. The molecular formula is C23H30ClFN7O6PS. The summed E-state index contributed by atoms with van der Waals surface area (Å²) in [6.07, 6.45) is -0.264. The minimum atomic E-state index is -3.57. The molecule has 13 nitrogen and oxygen atoms in total. The predicted octanol–water partition coefficient (Wildman–Crippen LogP) is 2.87. The van der Waals surface area contributed by atoms with Crippen molar-refractivity contribution < 1.29 is 32.8 Å². The quantitative estimate of drug-likeness (QED) is 0.133. The van der Waals surface area contributed by atoms with Gasteiger partial charge in [-0.1, -0.05) is 18.2 Å². The lowest BCUT2D eigenvalue weighted by Gasteiger charge is -2.35. The molecule has 0 amide bonds. The maximum atomic E-state index is 15.9. The summed E-state index contributed by atoms with van der Waals surface area (Å²) in [4.78, 5) is 24.9. The van der Waals surface area contributed by atoms with Crippen LogP contribution in [0.2, 0.25) is 0 Å². The molecule has 1 fully saturated rings. The number of imidazole rings is 1. The number of nitrogen functional groups attached to an aromatic ring is 1. The first-order valence-corrected chi connectivity index (χ1v) is 15.4. The second-order valence-corrected chi connectivity index (χ2v) is 12.3. The highest BCUT2D eigenvalue weighted by atomic mass is 35.5. The normalized spacial score (nSPS) is 24.9. The maximum Gasteiger partial charge on any atom is 0.323 e. The molecule has 0 unspecified atom stereocenters. The lowest BCUT2D eigenvalue weighted by molar-refractivity contribution is -0.203. The average Bonchev–Trinajstić information content (AvgIpc) is 3.45. The summed E-state index contributed by atoms with van der Waals surface area (Å²) in [7, 11) is 1.64. The van der Waals surface area contributed by atoms with Gasteiger partial charge in [0.2, 0.25) is 11.8 Å². The second kappa shape index (κ2) is 12.1. The molecule has 3 heterocycles. The minimum absolute atomic E-state index is 0.0420. The molecule has 2 aromatic heterocycles. The number of nitrogens with two attached hydrogens (primary N) is 1. The summed E-state index contributed by atoms with van der Waals surface area (Å²) in [6.45, 7) is -0.851. The molecule has 0 saturated carbocycles. The van der Waals surface area contributed by atoms with Gasteiger partial charge in [0.1, 0.15) is 18.0 Å². The van der Waals surface area contributed by atoms with Crippen molar-refractivity contribution in [3.63, 3.8) is 0 Å². The Balaban J connectivity index is 1.61. The van der Waals surface area contributed by atoms with Crippen molar-refractivity contribution in [1.82, 2.24) is 24.6 Å². The molecule has 5 atom stereocenters. The molecule has 5 N–H and O–H groups in total. The number of nitrogens with zero attached hydrogens (tertiary/aromatic N) is 4. The second-order valence-electron chi connectivity index (χ2n) is 8.95. The van der Waals surface area contributed by atoms with Crippen molar-refractivity contribution in [2.24, 2.45) is 0 Å². The van der Waals surface area contributed by atoms with E-state index >= 15 is 4.39 Å². The number of alkyl halides is 2. The smallest absolute Gasteiger partial charge is 0.323 e. The van der Waals surface area contributed by atoms with Gasteiger partial charge in [-0.15, -0.1) is 11.6 Å². The summed E-state index contributed by atoms with van der Waals surface area (Å²) < 4.78 is 40.3. The first-order chi connectivity index (χ1) is 19.0. The number of nitrogens with one attached hydrogen (secondary N) is 2. The fourth-order valence-electron chi connectivity index (χ4n) is 4.06. The van der Waals surface area contributed by atoms with Gasteiger partial charge in [0, 0.05) is 7.05 Å². The third kappa shape index (κ3) is 6.15. The van der Waals surface area contributed by atoms with Crippen LogP contribution in [0.5, 0.6) is 5.75 Å². The third-order valence-electron chi connectivity index (χ3n) is 6.13. The zero-order valence-electron chi connectivity index (χ0n) is 21.9. The predicted molar refractivity (Wildman–Crippen MR) is 150 cm³/mol. The van der Waals surface area contributed by atoms with E-state index in [4.69, 9.17) is 47.7 Å². The molecule has 4 rings (SSSR count). The molecule has 1 saturated heterocycles. The first-order valence-electron chi connectivity index (χ1n) is 12.2. The number of carbonyl (C=O) groups is 1. The number of benzene rings is 1. The van der Waals surface area contributed by atoms with E-state index in [9.17, 15) is 9.90 Å². The summed E-state index contributed by atoms with van der Waals surface area (Å²) >= 11 is 11.9. The van der Waals surface area contributed by atoms with Gasteiger partial charge < -0.3 is 34.7 Å². The van der Waals surface area contributed by atoms with E-state index in [-0.39, 0.29) is 18.2 Å². The number of fused-ring (bicyclic) bond motifs is 1. The molecule has 17 heteroatoms. The van der Waals surface area contributed by atoms with Crippen LogP contribution in [-0.4, -0.2) is 74.2 Å². The molecule has 1 aromatic carbocycles. The highest BCUT2D eigenvalue weighted by molar-refractivity contribution is 8.09. The Morgan fingerprint density at radius 3 is 2.80 bits per heavy atom. The number of ether oxygens (including phenoxy) is 2. The number of halogens is 2. The topological polar surface area (TPSA) is 168 Å². The number of para-hydroxylation sites is 1. The number of carbonyl (C=O) groups excluding carboxylic acids is 1. The van der Waals surface area contributed by atoms with E-state index in [2.05, 4.69) is 25.4 Å². The van der Waals surface area contributed by atoms with Crippen molar-refractivity contribution >= 4 is 58.9 Å². The van der Waals surface area contributed by atoms with Crippen LogP contribution in [-0.2, 0) is 30.6 Å². The van der Waals surface area contributed by atoms with E-state index < -0.39 is 55.2 Å². The Morgan fingerprint density at radius 1 is 1.43 bits per heavy atom. The van der Waals surface area contributed by atoms with Crippen molar-refractivity contribution in [2.75, 3.05) is 37.2 Å². The molecule has 0 spiro atoms. The monoisotopic (exact) mass is 617 g/mol. The van der Waals surface area contributed by atoms with Crippen LogP contribution in [0.4, 0.5) is 16.2 Å². The molecule has 0 radical (unpaired) electrons. The summed E-state index contributed by atoms with van der Waals surface area (Å²) in [6, 6.07) is 7.58. The number of anilines is 2. The third-order valence-corrected chi connectivity index (χ3v) is 9.05. The molecule has 218 valence electrons. The number of aromatic nitrogens is 4. The zero-order valence-corrected chi connectivity index (χ0v) is 24.4. The van der Waals surface area contributed by atoms with Crippen LogP contribution in [0, 0.1) is 0 Å². The highest BCUT2D eigenvalue weighted by Crippen LogP contribution is 2.51. The number of esters is 1. The Kier molecular flexibility index (Phi) is 9.15. The van der Waals surface area contributed by atoms with E-state index in [0.29, 0.717) is 17.1 Å². The van der Waals surface area contributed by atoms with Gasteiger partial charge >= 0.3 is 12.6 Å². The van der Waals surface area contributed by atoms with E-state index in [1.54, 1.807) is 44.3 Å². The van der Waals surface area contributed by atoms with Crippen molar-refractivity contribution in [3.8, 4) is 5.75 Å². The first kappa shape index (κ1) is 30.3. The molecule has 1 aliphatic heterocycles. The van der Waals surface area contributed by atoms with Crippen molar-refractivity contribution in [1.29, 1.82) is 0 Å². The maximum absolute atomic E-state index is 15.9. The van der Waals surface area contributed by atoms with Gasteiger partial charge in [0.05, 0.1) is 31.8 Å². The Bertz CT molecular complexity index is 1400. The van der Waals surface area contributed by atoms with Crippen LogP contribution < -0.4 is 20.7 Å². The van der Waals surface area contributed by atoms with Crippen molar-refractivity contribution in [2.45, 2.75) is 44.0 Å². The number of rotatable bonds is 12. The molecule has 40 heavy (non-hydrogen) atoms. The van der Waals surface area contributed by atoms with E-state index in [1.165, 1.54) is 17.8 Å². The molecule has 0 bridgehead atoms. The van der Waals surface area contributed by atoms with E-state index in [0.717, 1.165) is 0 Å². The average molecular weight is 618 g/mol. The van der Waals surface area contributed by atoms with Crippen molar-refractivity contribution in [3.05, 3.63) is 36.7 Å². The van der Waals surface area contributed by atoms with Crippen LogP contribution in [0.3, 0.4) is 0 Å². The van der Waals surface area contributed by atoms with E-state index in [1.807, 2.05) is 0 Å². The van der Waals surface area contributed by atoms with Gasteiger partial charge in [-0.05, 0) is 37.8 Å². The lowest BCUT2D eigenvalue weighted by atomic mass is 9.97. The fourth-order valence-corrected chi connectivity index (χ4v) is 6.83. The largest absolute Gasteiger partial charge is 0.465 e. The van der Waals surface area contributed by atoms with Gasteiger partial charge in [-0.3, -0.25) is 9.36 Å². The van der Waals surface area contributed by atoms with Gasteiger partial charge in [-0.25, -0.2) is 14.5 Å². The van der Waals surface area contributed by atoms with Gasteiger partial charge in [-0.2, -0.15) is 9.97 Å². The number of aliphatic hydroxyl groups is 1. The SMILES string of the molecule is CCOC(=O)[C@@H](C)N[P@](=S)(OC[C@@]1(CCl)O[C@@H](n2cnc3c(NC)nc(N)nc32)C[C@@]1(O)F)Oc1ccccc1. The van der Waals surface area contributed by atoms with Gasteiger partial charge in [0.15, 0.2) is 22.6 Å². The molecule has 0 aliphatic carbocycles. The highest BCUT2D eigenvalue weighted by Gasteiger charge is 2.61. The summed E-state index contributed by atoms with van der Waals surface area (Å²) in [5.74, 6) is -3.41. The zero-order chi connectivity index (χ0) is 29.1. The molecular weight excluding hydrogens is 588 g/mol.